The molecule has 2 rings (SSSR count). The van der Waals surface area contributed by atoms with Crippen molar-refractivity contribution in [3.05, 3.63) is 47.5 Å². The molecule has 0 bridgehead atoms. The van der Waals surface area contributed by atoms with E-state index in [1.54, 1.807) is 14.2 Å². The summed E-state index contributed by atoms with van der Waals surface area (Å²) in [7, 11) is 3.28. The molecule has 0 spiro atoms. The van der Waals surface area contributed by atoms with Gasteiger partial charge in [-0.3, -0.25) is 0 Å². The molecule has 0 heterocycles. The minimum Gasteiger partial charge on any atom is -0.497 e. The van der Waals surface area contributed by atoms with Gasteiger partial charge in [0.1, 0.15) is 11.5 Å². The fourth-order valence-corrected chi connectivity index (χ4v) is 2.76. The SMILES string of the molecule is CCCC(c1ccc(OC)cc1N)c1ccc(OC)cc1N. The first kappa shape index (κ1) is 16.0. The van der Waals surface area contributed by atoms with Crippen molar-refractivity contribution in [1.29, 1.82) is 0 Å². The normalized spacial score (nSPS) is 10.7. The summed E-state index contributed by atoms with van der Waals surface area (Å²) in [4.78, 5) is 0. The minimum atomic E-state index is 0.168. The molecule has 0 saturated heterocycles. The van der Waals surface area contributed by atoms with E-state index in [2.05, 4.69) is 6.92 Å². The van der Waals surface area contributed by atoms with Crippen LogP contribution in [0.2, 0.25) is 0 Å². The van der Waals surface area contributed by atoms with Gasteiger partial charge in [0.25, 0.3) is 0 Å². The smallest absolute Gasteiger partial charge is 0.120 e. The molecule has 2 aromatic carbocycles. The average Bonchev–Trinajstić information content (AvgIpc) is 2.53. The lowest BCUT2D eigenvalue weighted by atomic mass is 9.85. The van der Waals surface area contributed by atoms with Gasteiger partial charge in [0.05, 0.1) is 14.2 Å². The van der Waals surface area contributed by atoms with E-state index in [1.807, 2.05) is 36.4 Å². The van der Waals surface area contributed by atoms with Gasteiger partial charge in [0.15, 0.2) is 0 Å². The molecule has 22 heavy (non-hydrogen) atoms. The first-order valence-corrected chi connectivity index (χ1v) is 7.47. The largest absolute Gasteiger partial charge is 0.497 e. The minimum absolute atomic E-state index is 0.168. The molecule has 0 amide bonds. The molecule has 0 saturated carbocycles. The maximum Gasteiger partial charge on any atom is 0.120 e. The van der Waals surface area contributed by atoms with Crippen LogP contribution in [0.15, 0.2) is 36.4 Å². The molecule has 4 heteroatoms. The van der Waals surface area contributed by atoms with Crippen molar-refractivity contribution in [1.82, 2.24) is 0 Å². The molecule has 0 aliphatic heterocycles. The van der Waals surface area contributed by atoms with Crippen LogP contribution in [-0.4, -0.2) is 14.2 Å². The Balaban J connectivity index is 2.46. The van der Waals surface area contributed by atoms with Crippen molar-refractivity contribution in [2.75, 3.05) is 25.7 Å². The van der Waals surface area contributed by atoms with Crippen molar-refractivity contribution in [2.45, 2.75) is 25.7 Å². The molecule has 0 unspecified atom stereocenters. The van der Waals surface area contributed by atoms with Gasteiger partial charge in [-0.1, -0.05) is 25.5 Å². The summed E-state index contributed by atoms with van der Waals surface area (Å²) >= 11 is 0. The van der Waals surface area contributed by atoms with Crippen LogP contribution in [0.5, 0.6) is 11.5 Å². The van der Waals surface area contributed by atoms with E-state index in [1.165, 1.54) is 0 Å². The lowest BCUT2D eigenvalue weighted by Crippen LogP contribution is -2.08. The summed E-state index contributed by atoms with van der Waals surface area (Å²) in [6, 6.07) is 11.6. The second-order valence-electron chi connectivity index (χ2n) is 5.33. The van der Waals surface area contributed by atoms with Crippen molar-refractivity contribution < 1.29 is 9.47 Å². The number of anilines is 2. The van der Waals surface area contributed by atoms with Crippen molar-refractivity contribution >= 4 is 11.4 Å². The Morgan fingerprint density at radius 3 is 1.64 bits per heavy atom. The van der Waals surface area contributed by atoms with E-state index >= 15 is 0 Å². The summed E-state index contributed by atoms with van der Waals surface area (Å²) in [5.74, 6) is 1.69. The van der Waals surface area contributed by atoms with Crippen LogP contribution in [-0.2, 0) is 0 Å². The maximum absolute atomic E-state index is 6.23. The summed E-state index contributed by atoms with van der Waals surface area (Å²) in [5.41, 5.74) is 16.1. The lowest BCUT2D eigenvalue weighted by molar-refractivity contribution is 0.414. The quantitative estimate of drug-likeness (QED) is 0.796. The van der Waals surface area contributed by atoms with E-state index in [-0.39, 0.29) is 5.92 Å². The number of nitrogen functional groups attached to an aromatic ring is 2. The monoisotopic (exact) mass is 300 g/mol. The molecule has 0 fully saturated rings. The maximum atomic E-state index is 6.23. The first-order chi connectivity index (χ1) is 10.6. The van der Waals surface area contributed by atoms with Crippen LogP contribution in [0.3, 0.4) is 0 Å². The highest BCUT2D eigenvalue weighted by atomic mass is 16.5. The van der Waals surface area contributed by atoms with Gasteiger partial charge in [-0.2, -0.15) is 0 Å². The van der Waals surface area contributed by atoms with Gasteiger partial charge in [-0.25, -0.2) is 0 Å². The Hall–Kier alpha value is -2.36. The van der Waals surface area contributed by atoms with E-state index < -0.39 is 0 Å². The number of hydrogen-bond acceptors (Lipinski definition) is 4. The third-order valence-electron chi connectivity index (χ3n) is 3.92. The zero-order valence-corrected chi connectivity index (χ0v) is 13.4. The van der Waals surface area contributed by atoms with Crippen molar-refractivity contribution in [2.24, 2.45) is 0 Å². The standard InChI is InChI=1S/C18H24N2O2/c1-4-5-14(15-8-6-12(21-2)10-17(15)19)16-9-7-13(22-3)11-18(16)20/h6-11,14H,4-5,19-20H2,1-3H3. The molecule has 0 aliphatic rings. The fraction of sp³-hybridized carbons (Fsp3) is 0.333. The molecule has 0 atom stereocenters. The third kappa shape index (κ3) is 3.27. The molecule has 4 N–H and O–H groups in total. The fourth-order valence-electron chi connectivity index (χ4n) is 2.76. The summed E-state index contributed by atoms with van der Waals surface area (Å²) in [6.07, 6.45) is 2.02. The molecule has 0 radical (unpaired) electrons. The molecule has 2 aromatic rings. The Bertz CT molecular complexity index is 587. The number of methoxy groups -OCH3 is 2. The van der Waals surface area contributed by atoms with Crippen molar-refractivity contribution in [3.63, 3.8) is 0 Å². The Morgan fingerprint density at radius 2 is 1.32 bits per heavy atom. The van der Waals surface area contributed by atoms with Gasteiger partial charge in [0.2, 0.25) is 0 Å². The van der Waals surface area contributed by atoms with E-state index in [9.17, 15) is 0 Å². The highest BCUT2D eigenvalue weighted by Gasteiger charge is 2.19. The van der Waals surface area contributed by atoms with Crippen molar-refractivity contribution in [3.8, 4) is 11.5 Å². The van der Waals surface area contributed by atoms with Crippen LogP contribution in [0, 0.1) is 0 Å². The van der Waals surface area contributed by atoms with Crippen LogP contribution in [0.4, 0.5) is 11.4 Å². The zero-order valence-electron chi connectivity index (χ0n) is 13.4. The third-order valence-corrected chi connectivity index (χ3v) is 3.92. The lowest BCUT2D eigenvalue weighted by Gasteiger charge is -2.21. The Morgan fingerprint density at radius 1 is 0.864 bits per heavy atom. The zero-order chi connectivity index (χ0) is 16.1. The second kappa shape index (κ2) is 7.07. The summed E-state index contributed by atoms with van der Waals surface area (Å²) in [6.45, 7) is 2.16. The predicted octanol–water partition coefficient (Wildman–Crippen LogP) is 3.80. The van der Waals surface area contributed by atoms with E-state index in [0.29, 0.717) is 0 Å². The number of ether oxygens (including phenoxy) is 2. The number of benzene rings is 2. The van der Waals surface area contributed by atoms with Crippen LogP contribution < -0.4 is 20.9 Å². The highest BCUT2D eigenvalue weighted by molar-refractivity contribution is 5.60. The first-order valence-electron chi connectivity index (χ1n) is 7.47. The molecule has 0 aromatic heterocycles. The Kier molecular flexibility index (Phi) is 5.15. The second-order valence-corrected chi connectivity index (χ2v) is 5.33. The van der Waals surface area contributed by atoms with Crippen LogP contribution in [0.1, 0.15) is 36.8 Å². The molecular weight excluding hydrogens is 276 g/mol. The molecular formula is C18H24N2O2. The van der Waals surface area contributed by atoms with Gasteiger partial charge >= 0.3 is 0 Å². The predicted molar refractivity (Wildman–Crippen MR) is 91.6 cm³/mol. The number of nitrogens with two attached hydrogens (primary N) is 2. The van der Waals surface area contributed by atoms with Gasteiger partial charge in [-0.15, -0.1) is 0 Å². The summed E-state index contributed by atoms with van der Waals surface area (Å²) in [5, 5.41) is 0. The number of hydrogen-bond donors (Lipinski definition) is 2. The Labute approximate surface area is 132 Å². The van der Waals surface area contributed by atoms with Gasteiger partial charge < -0.3 is 20.9 Å². The highest BCUT2D eigenvalue weighted by Crippen LogP contribution is 2.38. The number of rotatable bonds is 6. The van der Waals surface area contributed by atoms with Gasteiger partial charge in [-0.05, 0) is 29.7 Å². The van der Waals surface area contributed by atoms with Gasteiger partial charge in [0, 0.05) is 29.4 Å². The molecule has 4 nitrogen and oxygen atoms in total. The van der Waals surface area contributed by atoms with Crippen LogP contribution in [0.25, 0.3) is 0 Å². The average molecular weight is 300 g/mol. The molecule has 0 aliphatic carbocycles. The molecule has 118 valence electrons. The van der Waals surface area contributed by atoms with E-state index in [0.717, 1.165) is 46.8 Å². The topological polar surface area (TPSA) is 70.5 Å². The van der Waals surface area contributed by atoms with Crippen LogP contribution >= 0.6 is 0 Å². The summed E-state index contributed by atoms with van der Waals surface area (Å²) < 4.78 is 10.5. The van der Waals surface area contributed by atoms with E-state index in [4.69, 9.17) is 20.9 Å².